The normalized spacial score (nSPS) is 10.1. The van der Waals surface area contributed by atoms with E-state index in [9.17, 15) is 9.18 Å². The Labute approximate surface area is 111 Å². The van der Waals surface area contributed by atoms with Crippen LogP contribution in [0.5, 0.6) is 0 Å². The van der Waals surface area contributed by atoms with Crippen LogP contribution in [-0.4, -0.2) is 10.9 Å². The molecule has 2 aromatic rings. The largest absolute Gasteiger partial charge is 0.396 e. The number of halogens is 2. The molecule has 1 aromatic heterocycles. The zero-order chi connectivity index (χ0) is 13.1. The summed E-state index contributed by atoms with van der Waals surface area (Å²) in [6.45, 7) is 0. The van der Waals surface area contributed by atoms with Crippen molar-refractivity contribution in [3.05, 3.63) is 52.5 Å². The fraction of sp³-hybridized carbons (Fsp3) is 0. The molecule has 18 heavy (non-hydrogen) atoms. The zero-order valence-electron chi connectivity index (χ0n) is 9.15. The van der Waals surface area contributed by atoms with Crippen LogP contribution < -0.4 is 11.1 Å². The van der Waals surface area contributed by atoms with E-state index < -0.39 is 5.82 Å². The average Bonchev–Trinajstić information content (AvgIpc) is 2.35. The number of nitrogens with one attached hydrogen (secondary N) is 1. The quantitative estimate of drug-likeness (QED) is 0.662. The molecule has 0 aliphatic heterocycles. The molecular formula is C12H9BrFN3O. The summed E-state index contributed by atoms with van der Waals surface area (Å²) < 4.78 is 13.6. The number of amides is 1. The summed E-state index contributed by atoms with van der Waals surface area (Å²) in [6.07, 6.45) is 1.51. The molecule has 3 N–H and O–H groups in total. The van der Waals surface area contributed by atoms with Gasteiger partial charge in [0.15, 0.2) is 0 Å². The maximum Gasteiger partial charge on any atom is 0.255 e. The standard InChI is InChI=1S/C12H9BrFN3O/c13-11-4-2-8(6-16-11)17-12(18)7-1-3-9(14)10(15)5-7/h1-6H,15H2,(H,17,18). The van der Waals surface area contributed by atoms with Gasteiger partial charge < -0.3 is 11.1 Å². The van der Waals surface area contributed by atoms with Crippen LogP contribution in [0, 0.1) is 5.82 Å². The van der Waals surface area contributed by atoms with Gasteiger partial charge in [-0.15, -0.1) is 0 Å². The summed E-state index contributed by atoms with van der Waals surface area (Å²) in [5, 5.41) is 2.63. The second-order valence-corrected chi connectivity index (χ2v) is 4.37. The summed E-state index contributed by atoms with van der Waals surface area (Å²) in [6, 6.07) is 7.21. The van der Waals surface area contributed by atoms with Gasteiger partial charge in [0.2, 0.25) is 0 Å². The summed E-state index contributed by atoms with van der Waals surface area (Å²) in [5.74, 6) is -0.914. The van der Waals surface area contributed by atoms with E-state index in [0.29, 0.717) is 10.3 Å². The van der Waals surface area contributed by atoms with E-state index >= 15 is 0 Å². The van der Waals surface area contributed by atoms with Crippen LogP contribution >= 0.6 is 15.9 Å². The first-order valence-corrected chi connectivity index (χ1v) is 5.83. The van der Waals surface area contributed by atoms with Gasteiger partial charge in [-0.05, 0) is 46.3 Å². The third kappa shape index (κ3) is 2.84. The molecule has 2 rings (SSSR count). The number of nitrogen functional groups attached to an aromatic ring is 1. The number of anilines is 2. The van der Waals surface area contributed by atoms with E-state index in [2.05, 4.69) is 26.2 Å². The van der Waals surface area contributed by atoms with Crippen molar-refractivity contribution in [1.82, 2.24) is 4.98 Å². The lowest BCUT2D eigenvalue weighted by molar-refractivity contribution is 0.102. The lowest BCUT2D eigenvalue weighted by Gasteiger charge is -2.05. The van der Waals surface area contributed by atoms with Crippen LogP contribution in [0.4, 0.5) is 15.8 Å². The first-order chi connectivity index (χ1) is 8.56. The Morgan fingerprint density at radius 1 is 1.33 bits per heavy atom. The van der Waals surface area contributed by atoms with Crippen LogP contribution in [-0.2, 0) is 0 Å². The van der Waals surface area contributed by atoms with Crippen molar-refractivity contribution in [2.75, 3.05) is 11.1 Å². The monoisotopic (exact) mass is 309 g/mol. The van der Waals surface area contributed by atoms with E-state index in [4.69, 9.17) is 5.73 Å². The van der Waals surface area contributed by atoms with Crippen molar-refractivity contribution in [2.24, 2.45) is 0 Å². The molecule has 1 aromatic carbocycles. The number of carbonyl (C=O) groups excluding carboxylic acids is 1. The number of rotatable bonds is 2. The molecule has 0 saturated heterocycles. The first-order valence-electron chi connectivity index (χ1n) is 5.04. The average molecular weight is 310 g/mol. The summed E-state index contributed by atoms with van der Waals surface area (Å²) in [7, 11) is 0. The molecule has 0 fully saturated rings. The highest BCUT2D eigenvalue weighted by Crippen LogP contribution is 2.15. The van der Waals surface area contributed by atoms with Gasteiger partial charge in [-0.1, -0.05) is 0 Å². The van der Waals surface area contributed by atoms with E-state index in [1.165, 1.54) is 18.3 Å². The van der Waals surface area contributed by atoms with Crippen molar-refractivity contribution >= 4 is 33.2 Å². The Hall–Kier alpha value is -1.95. The van der Waals surface area contributed by atoms with Gasteiger partial charge >= 0.3 is 0 Å². The van der Waals surface area contributed by atoms with Crippen LogP contribution in [0.1, 0.15) is 10.4 Å². The fourth-order valence-corrected chi connectivity index (χ4v) is 1.57. The minimum atomic E-state index is -0.545. The third-order valence-corrected chi connectivity index (χ3v) is 2.71. The van der Waals surface area contributed by atoms with Crippen molar-refractivity contribution in [3.63, 3.8) is 0 Å². The van der Waals surface area contributed by atoms with Crippen LogP contribution in [0.25, 0.3) is 0 Å². The topological polar surface area (TPSA) is 68.0 Å². The van der Waals surface area contributed by atoms with E-state index in [1.807, 2.05) is 0 Å². The third-order valence-electron chi connectivity index (χ3n) is 2.24. The fourth-order valence-electron chi connectivity index (χ4n) is 1.34. The Balaban J connectivity index is 2.16. The lowest BCUT2D eigenvalue weighted by atomic mass is 10.2. The maximum atomic E-state index is 13.0. The number of aromatic nitrogens is 1. The van der Waals surface area contributed by atoms with Gasteiger partial charge in [-0.3, -0.25) is 4.79 Å². The number of pyridine rings is 1. The Morgan fingerprint density at radius 3 is 2.72 bits per heavy atom. The van der Waals surface area contributed by atoms with E-state index in [1.54, 1.807) is 12.1 Å². The molecule has 1 amide bonds. The van der Waals surface area contributed by atoms with Gasteiger partial charge in [0, 0.05) is 5.56 Å². The number of hydrogen-bond acceptors (Lipinski definition) is 3. The molecule has 0 aliphatic carbocycles. The molecule has 0 aliphatic rings. The van der Waals surface area contributed by atoms with E-state index in [0.717, 1.165) is 6.07 Å². The predicted octanol–water partition coefficient (Wildman–Crippen LogP) is 2.82. The maximum absolute atomic E-state index is 13.0. The highest BCUT2D eigenvalue weighted by molar-refractivity contribution is 9.10. The smallest absolute Gasteiger partial charge is 0.255 e. The zero-order valence-corrected chi connectivity index (χ0v) is 10.7. The molecular weight excluding hydrogens is 301 g/mol. The molecule has 0 unspecified atom stereocenters. The number of nitrogens with zero attached hydrogens (tertiary/aromatic N) is 1. The number of hydrogen-bond donors (Lipinski definition) is 2. The molecule has 0 radical (unpaired) electrons. The van der Waals surface area contributed by atoms with Gasteiger partial charge in [-0.25, -0.2) is 9.37 Å². The molecule has 0 saturated carbocycles. The number of benzene rings is 1. The van der Waals surface area contributed by atoms with Gasteiger partial charge in [0.25, 0.3) is 5.91 Å². The Bertz CT molecular complexity index is 586. The van der Waals surface area contributed by atoms with Crippen molar-refractivity contribution in [2.45, 2.75) is 0 Å². The lowest BCUT2D eigenvalue weighted by Crippen LogP contribution is -2.12. The molecule has 4 nitrogen and oxygen atoms in total. The van der Waals surface area contributed by atoms with Crippen LogP contribution in [0.15, 0.2) is 41.1 Å². The van der Waals surface area contributed by atoms with E-state index in [-0.39, 0.29) is 17.2 Å². The van der Waals surface area contributed by atoms with Gasteiger partial charge in [0.1, 0.15) is 10.4 Å². The second-order valence-electron chi connectivity index (χ2n) is 3.56. The highest BCUT2D eigenvalue weighted by atomic mass is 79.9. The van der Waals surface area contributed by atoms with Crippen molar-refractivity contribution in [1.29, 1.82) is 0 Å². The molecule has 0 spiro atoms. The number of carbonyl (C=O) groups is 1. The SMILES string of the molecule is Nc1cc(C(=O)Nc2ccc(Br)nc2)ccc1F. The molecule has 1 heterocycles. The van der Waals surface area contributed by atoms with Gasteiger partial charge in [0.05, 0.1) is 17.6 Å². The van der Waals surface area contributed by atoms with Crippen molar-refractivity contribution < 1.29 is 9.18 Å². The van der Waals surface area contributed by atoms with Gasteiger partial charge in [-0.2, -0.15) is 0 Å². The Kier molecular flexibility index (Phi) is 3.57. The Morgan fingerprint density at radius 2 is 2.11 bits per heavy atom. The molecule has 92 valence electrons. The second kappa shape index (κ2) is 5.14. The molecule has 6 heteroatoms. The first kappa shape index (κ1) is 12.5. The highest BCUT2D eigenvalue weighted by Gasteiger charge is 2.08. The minimum absolute atomic E-state index is 0.0587. The van der Waals surface area contributed by atoms with Crippen LogP contribution in [0.2, 0.25) is 0 Å². The summed E-state index contributed by atoms with van der Waals surface area (Å²) >= 11 is 3.19. The summed E-state index contributed by atoms with van der Waals surface area (Å²) in [5.41, 5.74) is 6.18. The molecule has 0 atom stereocenters. The van der Waals surface area contributed by atoms with Crippen LogP contribution in [0.3, 0.4) is 0 Å². The summed E-state index contributed by atoms with van der Waals surface area (Å²) in [4.78, 5) is 15.8. The predicted molar refractivity (Wildman–Crippen MR) is 70.7 cm³/mol. The number of nitrogens with two attached hydrogens (primary N) is 1. The molecule has 0 bridgehead atoms. The van der Waals surface area contributed by atoms with Crippen molar-refractivity contribution in [3.8, 4) is 0 Å². The minimum Gasteiger partial charge on any atom is -0.396 e.